The standard InChI is InChI=1S/C23H14N2O3S/c26-25(27)18-12-10-16(11-13-18)21-20(15-6-2-1-3-7-15)23-22(28-24-21)19-9-5-4-8-17(19)14-29-23/h1-14H. The molecule has 140 valence electrons. The summed E-state index contributed by atoms with van der Waals surface area (Å²) in [5, 5.41) is 19.7. The highest BCUT2D eigenvalue weighted by Gasteiger charge is 2.28. The molecule has 0 aromatic heterocycles. The number of benzene rings is 3. The third-order valence-electron chi connectivity index (χ3n) is 4.82. The van der Waals surface area contributed by atoms with Crippen molar-refractivity contribution in [3.8, 4) is 0 Å². The van der Waals surface area contributed by atoms with Crippen LogP contribution in [0.5, 0.6) is 0 Å². The summed E-state index contributed by atoms with van der Waals surface area (Å²) in [5.74, 6) is 0.734. The van der Waals surface area contributed by atoms with Crippen LogP contribution in [0.25, 0.3) is 16.7 Å². The van der Waals surface area contributed by atoms with Crippen molar-refractivity contribution in [2.45, 2.75) is 0 Å². The van der Waals surface area contributed by atoms with Gasteiger partial charge in [0.25, 0.3) is 5.69 Å². The smallest absolute Gasteiger partial charge is 0.269 e. The maximum absolute atomic E-state index is 11.0. The topological polar surface area (TPSA) is 64.7 Å². The zero-order valence-electron chi connectivity index (χ0n) is 15.1. The Balaban J connectivity index is 1.74. The van der Waals surface area contributed by atoms with Crippen LogP contribution in [0, 0.1) is 10.1 Å². The summed E-state index contributed by atoms with van der Waals surface area (Å²) in [6.07, 6.45) is 0. The fourth-order valence-corrected chi connectivity index (χ4v) is 4.46. The highest BCUT2D eigenvalue weighted by molar-refractivity contribution is 8.10. The van der Waals surface area contributed by atoms with Gasteiger partial charge in [-0.15, -0.1) is 0 Å². The number of non-ortho nitro benzene ring substituents is 1. The van der Waals surface area contributed by atoms with Crippen LogP contribution in [0.4, 0.5) is 5.69 Å². The molecular formula is C23H14N2O3S. The zero-order chi connectivity index (χ0) is 19.8. The molecule has 2 aliphatic rings. The Hall–Kier alpha value is -3.64. The Bertz CT molecular complexity index is 1310. The molecule has 6 heteroatoms. The van der Waals surface area contributed by atoms with Crippen LogP contribution < -0.4 is 10.4 Å². The highest BCUT2D eigenvalue weighted by atomic mass is 32.2. The van der Waals surface area contributed by atoms with E-state index in [1.165, 1.54) is 12.1 Å². The van der Waals surface area contributed by atoms with E-state index in [9.17, 15) is 10.1 Å². The van der Waals surface area contributed by atoms with Crippen molar-refractivity contribution in [1.82, 2.24) is 0 Å². The normalized spacial score (nSPS) is 14.9. The second kappa shape index (κ2) is 7.07. The van der Waals surface area contributed by atoms with Gasteiger partial charge in [-0.2, -0.15) is 0 Å². The predicted molar refractivity (Wildman–Crippen MR) is 115 cm³/mol. The lowest BCUT2D eigenvalue weighted by Crippen LogP contribution is -2.31. The molecule has 0 bridgehead atoms. The number of nitro groups is 1. The van der Waals surface area contributed by atoms with Crippen LogP contribution in [0.2, 0.25) is 0 Å². The minimum Gasteiger partial charge on any atom is -0.354 e. The van der Waals surface area contributed by atoms with Crippen LogP contribution in [0.3, 0.4) is 0 Å². The Morgan fingerprint density at radius 2 is 1.59 bits per heavy atom. The van der Waals surface area contributed by atoms with Crippen molar-refractivity contribution in [3.05, 3.63) is 115 Å². The fourth-order valence-electron chi connectivity index (χ4n) is 3.42. The van der Waals surface area contributed by atoms with Gasteiger partial charge in [-0.05, 0) is 28.3 Å². The summed E-state index contributed by atoms with van der Waals surface area (Å²) in [6.45, 7) is 0. The maximum atomic E-state index is 11.0. The summed E-state index contributed by atoms with van der Waals surface area (Å²) < 4.78 is 0. The molecule has 5 nitrogen and oxygen atoms in total. The Morgan fingerprint density at radius 1 is 0.862 bits per heavy atom. The first kappa shape index (κ1) is 17.5. The van der Waals surface area contributed by atoms with E-state index in [0.717, 1.165) is 37.8 Å². The first-order valence-corrected chi connectivity index (χ1v) is 9.87. The first-order chi connectivity index (χ1) is 14.2. The van der Waals surface area contributed by atoms with Gasteiger partial charge in [0.15, 0.2) is 5.76 Å². The number of allylic oxidation sites excluding steroid dienone is 1. The number of thioether (sulfide) groups is 1. The number of hydrogen-bond acceptors (Lipinski definition) is 5. The number of rotatable bonds is 3. The highest BCUT2D eigenvalue weighted by Crippen LogP contribution is 2.40. The van der Waals surface area contributed by atoms with Gasteiger partial charge in [-0.3, -0.25) is 10.1 Å². The van der Waals surface area contributed by atoms with Crippen molar-refractivity contribution in [1.29, 1.82) is 0 Å². The molecule has 29 heavy (non-hydrogen) atoms. The molecule has 0 saturated heterocycles. The molecule has 0 atom stereocenters. The predicted octanol–water partition coefficient (Wildman–Crippen LogP) is 4.03. The Kier molecular flexibility index (Phi) is 4.26. The van der Waals surface area contributed by atoms with Gasteiger partial charge in [-0.25, -0.2) is 0 Å². The van der Waals surface area contributed by atoms with Crippen LogP contribution in [0.1, 0.15) is 11.1 Å². The number of nitrogens with zero attached hydrogens (tertiary/aromatic N) is 2. The van der Waals surface area contributed by atoms with Crippen molar-refractivity contribution < 1.29 is 9.76 Å². The molecule has 5 rings (SSSR count). The molecule has 0 N–H and O–H groups in total. The molecular weight excluding hydrogens is 384 g/mol. The zero-order valence-corrected chi connectivity index (χ0v) is 15.9. The third kappa shape index (κ3) is 3.03. The fraction of sp³-hybridized carbons (Fsp3) is 0. The lowest BCUT2D eigenvalue weighted by molar-refractivity contribution is -0.384. The van der Waals surface area contributed by atoms with Gasteiger partial charge in [0.2, 0.25) is 0 Å². The number of hydrogen-bond donors (Lipinski definition) is 0. The second-order valence-corrected chi connectivity index (χ2v) is 7.44. The van der Waals surface area contributed by atoms with E-state index in [1.54, 1.807) is 23.9 Å². The van der Waals surface area contributed by atoms with Gasteiger partial charge in [0, 0.05) is 28.5 Å². The number of fused-ring (bicyclic) bond motifs is 2. The number of oxime groups is 1. The van der Waals surface area contributed by atoms with E-state index in [0.29, 0.717) is 5.71 Å². The maximum Gasteiger partial charge on any atom is 0.269 e. The molecule has 0 saturated carbocycles. The minimum atomic E-state index is -0.408. The molecule has 0 aliphatic carbocycles. The summed E-state index contributed by atoms with van der Waals surface area (Å²) in [6, 6.07) is 24.4. The molecule has 0 spiro atoms. The van der Waals surface area contributed by atoms with Crippen molar-refractivity contribution in [2.24, 2.45) is 5.16 Å². The van der Waals surface area contributed by atoms with Gasteiger partial charge in [-0.1, -0.05) is 71.5 Å². The van der Waals surface area contributed by atoms with E-state index in [1.807, 2.05) is 54.6 Å². The lowest BCUT2D eigenvalue weighted by atomic mass is 9.94. The largest absolute Gasteiger partial charge is 0.354 e. The van der Waals surface area contributed by atoms with Crippen molar-refractivity contribution >= 4 is 39.9 Å². The SMILES string of the molecule is O=[N+]([O-])c1ccc(C2=NOC3=c4ccccc4=CSC3=C2c2ccccc2)cc1. The molecule has 2 heterocycles. The Morgan fingerprint density at radius 3 is 2.34 bits per heavy atom. The summed E-state index contributed by atoms with van der Waals surface area (Å²) in [7, 11) is 0. The van der Waals surface area contributed by atoms with Crippen molar-refractivity contribution in [3.63, 3.8) is 0 Å². The van der Waals surface area contributed by atoms with E-state index < -0.39 is 4.92 Å². The van der Waals surface area contributed by atoms with E-state index in [4.69, 9.17) is 4.84 Å². The average Bonchev–Trinajstić information content (AvgIpc) is 2.78. The molecule has 0 radical (unpaired) electrons. The quantitative estimate of drug-likeness (QED) is 0.494. The average molecular weight is 398 g/mol. The first-order valence-electron chi connectivity index (χ1n) is 8.99. The summed E-state index contributed by atoms with van der Waals surface area (Å²) >= 11 is 1.60. The van der Waals surface area contributed by atoms with Crippen LogP contribution in [-0.4, -0.2) is 10.6 Å². The van der Waals surface area contributed by atoms with Gasteiger partial charge >= 0.3 is 0 Å². The summed E-state index contributed by atoms with van der Waals surface area (Å²) in [4.78, 5) is 17.5. The third-order valence-corrected chi connectivity index (χ3v) is 5.82. The Labute approximate surface area is 170 Å². The summed E-state index contributed by atoms with van der Waals surface area (Å²) in [5.41, 5.74) is 3.43. The second-order valence-electron chi connectivity index (χ2n) is 6.56. The molecule has 0 fully saturated rings. The van der Waals surface area contributed by atoms with Crippen LogP contribution >= 0.6 is 11.8 Å². The molecule has 0 unspecified atom stereocenters. The molecule has 2 aliphatic heterocycles. The monoisotopic (exact) mass is 398 g/mol. The van der Waals surface area contributed by atoms with E-state index >= 15 is 0 Å². The van der Waals surface area contributed by atoms with Crippen molar-refractivity contribution in [2.75, 3.05) is 0 Å². The van der Waals surface area contributed by atoms with Crippen LogP contribution in [-0.2, 0) is 4.84 Å². The van der Waals surface area contributed by atoms with Gasteiger partial charge in [0.1, 0.15) is 5.71 Å². The molecule has 3 aromatic carbocycles. The van der Waals surface area contributed by atoms with Gasteiger partial charge in [0.05, 0.1) is 9.83 Å². The van der Waals surface area contributed by atoms with Gasteiger partial charge < -0.3 is 4.84 Å². The number of nitro benzene ring substituents is 1. The van der Waals surface area contributed by atoms with E-state index in [-0.39, 0.29) is 5.69 Å². The molecule has 3 aromatic rings. The van der Waals surface area contributed by atoms with Crippen LogP contribution in [0.15, 0.2) is 88.9 Å². The lowest BCUT2D eigenvalue weighted by Gasteiger charge is -2.23. The van der Waals surface area contributed by atoms with E-state index in [2.05, 4.69) is 10.6 Å². The minimum absolute atomic E-state index is 0.0431. The molecule has 0 amide bonds.